The topological polar surface area (TPSA) is 84.0 Å². The Hall–Kier alpha value is -3.54. The molecule has 0 atom stereocenters. The van der Waals surface area contributed by atoms with Crippen molar-refractivity contribution in [3.05, 3.63) is 77.6 Å². The van der Waals surface area contributed by atoms with E-state index in [1.54, 1.807) is 24.3 Å². The van der Waals surface area contributed by atoms with Crippen LogP contribution >= 0.6 is 0 Å². The third-order valence-corrected chi connectivity index (χ3v) is 4.25. The molecule has 142 valence electrons. The van der Waals surface area contributed by atoms with Crippen LogP contribution in [0.5, 0.6) is 0 Å². The monoisotopic (exact) mass is 374 g/mol. The second-order valence-electron chi connectivity index (χ2n) is 6.76. The summed E-state index contributed by atoms with van der Waals surface area (Å²) in [6.07, 6.45) is 1.53. The highest BCUT2D eigenvalue weighted by atomic mass is 16.2. The van der Waals surface area contributed by atoms with E-state index in [-0.39, 0.29) is 17.4 Å². The highest BCUT2D eigenvalue weighted by molar-refractivity contribution is 6.04. The van der Waals surface area contributed by atoms with Crippen LogP contribution < -0.4 is 10.6 Å². The van der Waals surface area contributed by atoms with Crippen molar-refractivity contribution >= 4 is 29.0 Å². The van der Waals surface area contributed by atoms with Crippen molar-refractivity contribution in [3.63, 3.8) is 0 Å². The van der Waals surface area contributed by atoms with Crippen LogP contribution in [0.2, 0.25) is 0 Å². The summed E-state index contributed by atoms with van der Waals surface area (Å²) in [5.74, 6) is 0.357. The Balaban J connectivity index is 1.72. The van der Waals surface area contributed by atoms with Crippen LogP contribution in [0, 0.1) is 0 Å². The average molecular weight is 374 g/mol. The highest BCUT2D eigenvalue weighted by Gasteiger charge is 2.11. The van der Waals surface area contributed by atoms with Gasteiger partial charge in [0.15, 0.2) is 5.78 Å². The predicted molar refractivity (Wildman–Crippen MR) is 110 cm³/mol. The van der Waals surface area contributed by atoms with Crippen molar-refractivity contribution in [1.29, 1.82) is 0 Å². The van der Waals surface area contributed by atoms with Gasteiger partial charge in [-0.05, 0) is 48.7 Å². The van der Waals surface area contributed by atoms with E-state index in [0.717, 1.165) is 5.69 Å². The Morgan fingerprint density at radius 3 is 2.39 bits per heavy atom. The number of benzene rings is 2. The fourth-order valence-corrected chi connectivity index (χ4v) is 2.64. The van der Waals surface area contributed by atoms with Crippen molar-refractivity contribution < 1.29 is 9.59 Å². The first-order valence-corrected chi connectivity index (χ1v) is 9.05. The first-order chi connectivity index (χ1) is 13.4. The lowest BCUT2D eigenvalue weighted by Crippen LogP contribution is -2.15. The Bertz CT molecular complexity index is 997. The zero-order valence-corrected chi connectivity index (χ0v) is 16.1. The van der Waals surface area contributed by atoms with Crippen LogP contribution in [0.1, 0.15) is 53.1 Å². The molecule has 0 aliphatic heterocycles. The normalized spacial score (nSPS) is 10.6. The van der Waals surface area contributed by atoms with Crippen molar-refractivity contribution in [1.82, 2.24) is 9.97 Å². The molecule has 0 saturated carbocycles. The van der Waals surface area contributed by atoms with Crippen molar-refractivity contribution in [2.24, 2.45) is 0 Å². The molecule has 2 N–H and O–H groups in total. The molecule has 3 aromatic rings. The number of nitrogens with zero attached hydrogens (tertiary/aromatic N) is 2. The number of carbonyl (C=O) groups is 2. The number of amides is 1. The molecule has 6 nitrogen and oxygen atoms in total. The van der Waals surface area contributed by atoms with E-state index in [1.807, 2.05) is 24.3 Å². The molecule has 0 fully saturated rings. The average Bonchev–Trinajstić information content (AvgIpc) is 2.69. The van der Waals surface area contributed by atoms with Gasteiger partial charge in [-0.3, -0.25) is 9.59 Å². The second-order valence-corrected chi connectivity index (χ2v) is 6.76. The van der Waals surface area contributed by atoms with Gasteiger partial charge >= 0.3 is 0 Å². The number of Topliss-reactive ketones (excluding diaryl/α,β-unsaturated/α-hetero) is 1. The molecule has 0 aliphatic rings. The molecule has 28 heavy (non-hydrogen) atoms. The lowest BCUT2D eigenvalue weighted by atomic mass is 10.0. The van der Waals surface area contributed by atoms with Crippen molar-refractivity contribution in [2.45, 2.75) is 26.7 Å². The summed E-state index contributed by atoms with van der Waals surface area (Å²) in [6.45, 7) is 5.76. The summed E-state index contributed by atoms with van der Waals surface area (Å²) in [5, 5.41) is 5.86. The molecular formula is C22H22N4O2. The zero-order valence-electron chi connectivity index (χ0n) is 16.1. The Morgan fingerprint density at radius 1 is 0.964 bits per heavy atom. The van der Waals surface area contributed by atoms with Crippen molar-refractivity contribution in [3.8, 4) is 0 Å². The van der Waals surface area contributed by atoms with Gasteiger partial charge in [0.2, 0.25) is 5.95 Å². The first-order valence-electron chi connectivity index (χ1n) is 9.05. The molecule has 6 heteroatoms. The largest absolute Gasteiger partial charge is 0.324 e. The van der Waals surface area contributed by atoms with Gasteiger partial charge in [-0.15, -0.1) is 0 Å². The molecule has 1 amide bonds. The predicted octanol–water partition coefficient (Wildman–Crippen LogP) is 4.80. The summed E-state index contributed by atoms with van der Waals surface area (Å²) < 4.78 is 0. The number of carbonyl (C=O) groups excluding carboxylic acids is 2. The maximum Gasteiger partial charge on any atom is 0.274 e. The van der Waals surface area contributed by atoms with Gasteiger partial charge in [0.05, 0.1) is 0 Å². The number of nitrogens with one attached hydrogen (secondary N) is 2. The standard InChI is InChI=1S/C22H22N4O2/c1-14(2)16-7-9-18(10-8-16)25-22-23-12-11-20(26-22)21(28)24-19-6-4-5-17(13-19)15(3)27/h4-14H,1-3H3,(H,24,28)(H,23,25,26). The highest BCUT2D eigenvalue weighted by Crippen LogP contribution is 2.19. The van der Waals surface area contributed by atoms with Gasteiger partial charge in [-0.2, -0.15) is 0 Å². The van der Waals surface area contributed by atoms with Gasteiger partial charge in [-0.1, -0.05) is 38.1 Å². The summed E-state index contributed by atoms with van der Waals surface area (Å²) in [5.41, 5.74) is 3.39. The Labute approximate surface area is 164 Å². The van der Waals surface area contributed by atoms with E-state index in [4.69, 9.17) is 0 Å². The van der Waals surface area contributed by atoms with E-state index in [9.17, 15) is 9.59 Å². The Morgan fingerprint density at radius 2 is 1.71 bits per heavy atom. The summed E-state index contributed by atoms with van der Waals surface area (Å²) in [6, 6.07) is 16.3. The minimum absolute atomic E-state index is 0.0619. The third-order valence-electron chi connectivity index (χ3n) is 4.25. The minimum Gasteiger partial charge on any atom is -0.324 e. The smallest absolute Gasteiger partial charge is 0.274 e. The maximum absolute atomic E-state index is 12.5. The van der Waals surface area contributed by atoms with Crippen LogP contribution in [0.15, 0.2) is 60.8 Å². The van der Waals surface area contributed by atoms with Crippen LogP contribution in [0.4, 0.5) is 17.3 Å². The number of anilines is 3. The molecule has 0 saturated heterocycles. The molecule has 0 radical (unpaired) electrons. The van der Waals surface area contributed by atoms with Gasteiger partial charge < -0.3 is 10.6 Å². The SMILES string of the molecule is CC(=O)c1cccc(NC(=O)c2ccnc(Nc3ccc(C(C)C)cc3)n2)c1. The fraction of sp³-hybridized carbons (Fsp3) is 0.182. The lowest BCUT2D eigenvalue weighted by molar-refractivity contribution is 0.100. The van der Waals surface area contributed by atoms with Crippen LogP contribution in [0.3, 0.4) is 0 Å². The number of ketones is 1. The molecular weight excluding hydrogens is 352 g/mol. The van der Waals surface area contributed by atoms with E-state index < -0.39 is 0 Å². The quantitative estimate of drug-likeness (QED) is 0.606. The molecule has 1 aromatic heterocycles. The van der Waals surface area contributed by atoms with E-state index in [2.05, 4.69) is 34.4 Å². The molecule has 0 spiro atoms. The van der Waals surface area contributed by atoms with E-state index in [0.29, 0.717) is 23.1 Å². The van der Waals surface area contributed by atoms with Gasteiger partial charge in [0.25, 0.3) is 5.91 Å². The maximum atomic E-state index is 12.5. The fourth-order valence-electron chi connectivity index (χ4n) is 2.64. The molecule has 0 bridgehead atoms. The van der Waals surface area contributed by atoms with Gasteiger partial charge in [0, 0.05) is 23.1 Å². The number of hydrogen-bond donors (Lipinski definition) is 2. The summed E-state index contributed by atoms with van der Waals surface area (Å²) >= 11 is 0. The first kappa shape index (κ1) is 19.2. The molecule has 2 aromatic carbocycles. The van der Waals surface area contributed by atoms with Gasteiger partial charge in [-0.25, -0.2) is 9.97 Å². The molecule has 0 unspecified atom stereocenters. The van der Waals surface area contributed by atoms with Crippen LogP contribution in [-0.4, -0.2) is 21.7 Å². The molecule has 1 heterocycles. The van der Waals surface area contributed by atoms with Crippen LogP contribution in [0.25, 0.3) is 0 Å². The third kappa shape index (κ3) is 4.79. The number of hydrogen-bond acceptors (Lipinski definition) is 5. The number of rotatable bonds is 6. The van der Waals surface area contributed by atoms with E-state index in [1.165, 1.54) is 24.8 Å². The number of aromatic nitrogens is 2. The summed E-state index contributed by atoms with van der Waals surface area (Å²) in [7, 11) is 0. The van der Waals surface area contributed by atoms with E-state index >= 15 is 0 Å². The van der Waals surface area contributed by atoms with Crippen LogP contribution in [-0.2, 0) is 0 Å². The summed E-state index contributed by atoms with van der Waals surface area (Å²) in [4.78, 5) is 32.4. The minimum atomic E-state index is -0.374. The van der Waals surface area contributed by atoms with Crippen molar-refractivity contribution in [2.75, 3.05) is 10.6 Å². The second kappa shape index (κ2) is 8.43. The Kier molecular flexibility index (Phi) is 5.79. The molecule has 0 aliphatic carbocycles. The zero-order chi connectivity index (χ0) is 20.1. The molecule has 3 rings (SSSR count). The van der Waals surface area contributed by atoms with Gasteiger partial charge in [0.1, 0.15) is 5.69 Å². The lowest BCUT2D eigenvalue weighted by Gasteiger charge is -2.09.